The summed E-state index contributed by atoms with van der Waals surface area (Å²) < 4.78 is 0. The Balaban J connectivity index is 1.52. The summed E-state index contributed by atoms with van der Waals surface area (Å²) in [4.78, 5) is 29.3. The van der Waals surface area contributed by atoms with E-state index in [1.54, 1.807) is 23.5 Å². The molecule has 7 heteroatoms. The Morgan fingerprint density at radius 3 is 2.62 bits per heavy atom. The summed E-state index contributed by atoms with van der Waals surface area (Å²) in [6, 6.07) is 11.1. The smallest absolute Gasteiger partial charge is 0.251 e. The molecule has 0 saturated heterocycles. The summed E-state index contributed by atoms with van der Waals surface area (Å²) in [6.45, 7) is 1.86. The average Bonchev–Trinajstić information content (AvgIpc) is 3.24. The molecule has 0 radical (unpaired) electrons. The monoisotopic (exact) mass is 357 g/mol. The quantitative estimate of drug-likeness (QED) is 0.733. The predicted molar refractivity (Wildman–Crippen MR) is 97.6 cm³/mol. The molecule has 3 rings (SSSR count). The second-order valence-corrected chi connectivity index (χ2v) is 6.92. The van der Waals surface area contributed by atoms with Crippen LogP contribution in [0.2, 0.25) is 0 Å². The lowest BCUT2D eigenvalue weighted by molar-refractivity contribution is -0.115. The van der Waals surface area contributed by atoms with Gasteiger partial charge >= 0.3 is 0 Å². The topological polar surface area (TPSA) is 71.1 Å². The van der Waals surface area contributed by atoms with Gasteiger partial charge in [0.05, 0.1) is 17.1 Å². The fourth-order valence-electron chi connectivity index (χ4n) is 2.00. The zero-order chi connectivity index (χ0) is 16.9. The number of anilines is 1. The molecule has 0 aliphatic heterocycles. The van der Waals surface area contributed by atoms with Gasteiger partial charge in [-0.25, -0.2) is 4.98 Å². The Labute approximate surface area is 147 Å². The number of hydrogen-bond acceptors (Lipinski definition) is 5. The van der Waals surface area contributed by atoms with Crippen LogP contribution < -0.4 is 10.6 Å². The van der Waals surface area contributed by atoms with Crippen molar-refractivity contribution in [3.8, 4) is 10.6 Å². The van der Waals surface area contributed by atoms with E-state index in [0.717, 1.165) is 16.1 Å². The van der Waals surface area contributed by atoms with Gasteiger partial charge in [-0.2, -0.15) is 0 Å². The average molecular weight is 357 g/mol. The van der Waals surface area contributed by atoms with Crippen molar-refractivity contribution in [2.24, 2.45) is 0 Å². The first kappa shape index (κ1) is 16.4. The lowest BCUT2D eigenvalue weighted by Gasteiger charge is -2.05. The fourth-order valence-corrected chi connectivity index (χ4v) is 3.49. The third-order valence-corrected chi connectivity index (χ3v) is 4.90. The van der Waals surface area contributed by atoms with Gasteiger partial charge in [0.2, 0.25) is 5.91 Å². The zero-order valence-electron chi connectivity index (χ0n) is 12.9. The number of amides is 2. The minimum Gasteiger partial charge on any atom is -0.343 e. The molecular weight excluding hydrogens is 342 g/mol. The number of aromatic nitrogens is 1. The van der Waals surface area contributed by atoms with Crippen LogP contribution in [0.25, 0.3) is 10.6 Å². The van der Waals surface area contributed by atoms with Crippen LogP contribution in [0.5, 0.6) is 0 Å². The highest BCUT2D eigenvalue weighted by molar-refractivity contribution is 7.16. The number of rotatable bonds is 5. The highest BCUT2D eigenvalue weighted by atomic mass is 32.1. The third kappa shape index (κ3) is 4.06. The highest BCUT2D eigenvalue weighted by Gasteiger charge is 2.11. The SMILES string of the molecule is Cc1ccc(C(=O)NCC(=O)Nc2nc(-c3cccs3)cs2)cc1. The van der Waals surface area contributed by atoms with Gasteiger partial charge in [-0.3, -0.25) is 9.59 Å². The number of nitrogens with zero attached hydrogens (tertiary/aromatic N) is 1. The van der Waals surface area contributed by atoms with Crippen LogP contribution in [0.4, 0.5) is 5.13 Å². The van der Waals surface area contributed by atoms with Crippen molar-refractivity contribution in [3.05, 3.63) is 58.3 Å². The second-order valence-electron chi connectivity index (χ2n) is 5.11. The Hall–Kier alpha value is -2.51. The maximum absolute atomic E-state index is 12.0. The molecule has 0 spiro atoms. The van der Waals surface area contributed by atoms with E-state index in [9.17, 15) is 9.59 Å². The predicted octanol–water partition coefficient (Wildman–Crippen LogP) is 3.55. The van der Waals surface area contributed by atoms with Gasteiger partial charge in [-0.05, 0) is 30.5 Å². The van der Waals surface area contributed by atoms with E-state index in [1.807, 2.05) is 41.9 Å². The van der Waals surface area contributed by atoms with Crippen molar-refractivity contribution >= 4 is 39.6 Å². The van der Waals surface area contributed by atoms with Crippen LogP contribution in [-0.2, 0) is 4.79 Å². The second kappa shape index (κ2) is 7.37. The lowest BCUT2D eigenvalue weighted by Crippen LogP contribution is -2.32. The summed E-state index contributed by atoms with van der Waals surface area (Å²) >= 11 is 2.95. The van der Waals surface area contributed by atoms with Crippen molar-refractivity contribution < 1.29 is 9.59 Å². The molecule has 5 nitrogen and oxygen atoms in total. The molecule has 0 aliphatic rings. The summed E-state index contributed by atoms with van der Waals surface area (Å²) in [5, 5.41) is 9.70. The first-order valence-electron chi connectivity index (χ1n) is 7.26. The van der Waals surface area contributed by atoms with Crippen molar-refractivity contribution in [2.75, 3.05) is 11.9 Å². The standard InChI is InChI=1S/C17H15N3O2S2/c1-11-4-6-12(7-5-11)16(22)18-9-15(21)20-17-19-13(10-24-17)14-3-2-8-23-14/h2-8,10H,9H2,1H3,(H,18,22)(H,19,20,21). The van der Waals surface area contributed by atoms with E-state index in [1.165, 1.54) is 11.3 Å². The molecule has 1 aromatic carbocycles. The normalized spacial score (nSPS) is 10.4. The number of thiazole rings is 1. The number of thiophene rings is 1. The first-order valence-corrected chi connectivity index (χ1v) is 9.02. The van der Waals surface area contributed by atoms with Crippen molar-refractivity contribution in [1.82, 2.24) is 10.3 Å². The van der Waals surface area contributed by atoms with Crippen LogP contribution in [0.3, 0.4) is 0 Å². The number of aryl methyl sites for hydroxylation is 1. The van der Waals surface area contributed by atoms with Gasteiger partial charge in [0.1, 0.15) is 0 Å². The summed E-state index contributed by atoms with van der Waals surface area (Å²) in [7, 11) is 0. The molecule has 0 unspecified atom stereocenters. The van der Waals surface area contributed by atoms with Crippen LogP contribution in [0, 0.1) is 6.92 Å². The van der Waals surface area contributed by atoms with E-state index >= 15 is 0 Å². The largest absolute Gasteiger partial charge is 0.343 e. The molecule has 24 heavy (non-hydrogen) atoms. The molecular formula is C17H15N3O2S2. The van der Waals surface area contributed by atoms with Gasteiger partial charge in [0, 0.05) is 10.9 Å². The Morgan fingerprint density at radius 2 is 1.92 bits per heavy atom. The maximum Gasteiger partial charge on any atom is 0.251 e. The minimum absolute atomic E-state index is 0.0966. The van der Waals surface area contributed by atoms with Crippen LogP contribution >= 0.6 is 22.7 Å². The molecule has 2 N–H and O–H groups in total. The first-order chi connectivity index (χ1) is 11.6. The molecule has 0 bridgehead atoms. The van der Waals surface area contributed by atoms with E-state index in [0.29, 0.717) is 10.7 Å². The molecule has 122 valence electrons. The number of carbonyl (C=O) groups is 2. The van der Waals surface area contributed by atoms with Gasteiger partial charge in [0.25, 0.3) is 5.91 Å². The molecule has 0 fully saturated rings. The van der Waals surface area contributed by atoms with E-state index < -0.39 is 0 Å². The number of benzene rings is 1. The molecule has 0 atom stereocenters. The molecule has 2 heterocycles. The third-order valence-electron chi connectivity index (χ3n) is 3.25. The summed E-state index contributed by atoms with van der Waals surface area (Å²) in [5.74, 6) is -0.578. The fraction of sp³-hybridized carbons (Fsp3) is 0.118. The van der Waals surface area contributed by atoms with Gasteiger partial charge in [-0.1, -0.05) is 23.8 Å². The van der Waals surface area contributed by atoms with Gasteiger partial charge < -0.3 is 10.6 Å². The van der Waals surface area contributed by atoms with Crippen LogP contribution in [0.15, 0.2) is 47.2 Å². The molecule has 2 aromatic heterocycles. The van der Waals surface area contributed by atoms with Gasteiger partial charge in [0.15, 0.2) is 5.13 Å². The Bertz CT molecular complexity index is 839. The van der Waals surface area contributed by atoms with Crippen molar-refractivity contribution in [2.45, 2.75) is 6.92 Å². The maximum atomic E-state index is 12.0. The minimum atomic E-state index is -0.303. The highest BCUT2D eigenvalue weighted by Crippen LogP contribution is 2.28. The lowest BCUT2D eigenvalue weighted by atomic mass is 10.1. The van der Waals surface area contributed by atoms with E-state index in [4.69, 9.17) is 0 Å². The van der Waals surface area contributed by atoms with E-state index in [-0.39, 0.29) is 18.4 Å². The van der Waals surface area contributed by atoms with Gasteiger partial charge in [-0.15, -0.1) is 22.7 Å². The number of carbonyl (C=O) groups excluding carboxylic acids is 2. The molecule has 0 saturated carbocycles. The zero-order valence-corrected chi connectivity index (χ0v) is 14.5. The van der Waals surface area contributed by atoms with E-state index in [2.05, 4.69) is 15.6 Å². The molecule has 3 aromatic rings. The summed E-state index contributed by atoms with van der Waals surface area (Å²) in [6.07, 6.45) is 0. The summed E-state index contributed by atoms with van der Waals surface area (Å²) in [5.41, 5.74) is 2.45. The molecule has 2 amide bonds. The number of nitrogens with one attached hydrogen (secondary N) is 2. The van der Waals surface area contributed by atoms with Crippen molar-refractivity contribution in [3.63, 3.8) is 0 Å². The van der Waals surface area contributed by atoms with Crippen molar-refractivity contribution in [1.29, 1.82) is 0 Å². The van der Waals surface area contributed by atoms with Crippen LogP contribution in [0.1, 0.15) is 15.9 Å². The number of hydrogen-bond donors (Lipinski definition) is 2. The Morgan fingerprint density at radius 1 is 1.12 bits per heavy atom. The molecule has 0 aliphatic carbocycles. The van der Waals surface area contributed by atoms with Crippen LogP contribution in [-0.4, -0.2) is 23.3 Å². The Kier molecular flexibility index (Phi) is 5.02.